The topological polar surface area (TPSA) is 230 Å². The van der Waals surface area contributed by atoms with Crippen molar-refractivity contribution in [1.29, 1.82) is 0 Å². The SMILES string of the molecule is COc1nc(N)c2ncn([C@@H]3O[C@@H]4C(O[C@@](Cc5ccccc5)(C(=O)O)c5nnn[nH]5)[C@]4(O)[C@H]3O)c2n1. The van der Waals surface area contributed by atoms with Gasteiger partial charge in [-0.3, -0.25) is 4.57 Å². The molecule has 0 bridgehead atoms. The molecule has 0 radical (unpaired) electrons. The lowest BCUT2D eigenvalue weighted by Gasteiger charge is -2.30. The van der Waals surface area contributed by atoms with Gasteiger partial charge in [-0.05, 0) is 16.0 Å². The van der Waals surface area contributed by atoms with Crippen LogP contribution in [-0.2, 0) is 26.3 Å². The van der Waals surface area contributed by atoms with E-state index in [-0.39, 0.29) is 35.2 Å². The van der Waals surface area contributed by atoms with Gasteiger partial charge in [-0.1, -0.05) is 30.3 Å². The first-order chi connectivity index (χ1) is 17.8. The summed E-state index contributed by atoms with van der Waals surface area (Å²) in [6, 6.07) is 8.71. The molecule has 4 aromatic rings. The van der Waals surface area contributed by atoms with E-state index in [0.717, 1.165) is 0 Å². The van der Waals surface area contributed by atoms with Crippen molar-refractivity contribution in [1.82, 2.24) is 40.1 Å². The van der Waals surface area contributed by atoms with Crippen molar-refractivity contribution in [3.05, 3.63) is 48.0 Å². The molecule has 2 fully saturated rings. The molecule has 1 unspecified atom stereocenters. The highest BCUT2D eigenvalue weighted by atomic mass is 16.6. The maximum absolute atomic E-state index is 12.6. The molecule has 0 spiro atoms. The Bertz CT molecular complexity index is 1470. The van der Waals surface area contributed by atoms with Gasteiger partial charge in [0.15, 0.2) is 34.6 Å². The summed E-state index contributed by atoms with van der Waals surface area (Å²) >= 11 is 0. The van der Waals surface area contributed by atoms with Gasteiger partial charge < -0.3 is 35.3 Å². The number of benzene rings is 1. The Morgan fingerprint density at radius 1 is 1.32 bits per heavy atom. The maximum atomic E-state index is 12.6. The van der Waals surface area contributed by atoms with E-state index in [1.165, 1.54) is 18.0 Å². The number of aromatic nitrogens is 8. The Balaban J connectivity index is 1.31. The van der Waals surface area contributed by atoms with Crippen LogP contribution in [0, 0.1) is 0 Å². The Morgan fingerprint density at radius 3 is 2.73 bits per heavy atom. The van der Waals surface area contributed by atoms with Gasteiger partial charge in [-0.25, -0.2) is 14.9 Å². The first-order valence-electron chi connectivity index (χ1n) is 11.1. The zero-order chi connectivity index (χ0) is 25.9. The molecule has 4 heterocycles. The third-order valence-corrected chi connectivity index (χ3v) is 6.69. The largest absolute Gasteiger partial charge is 0.479 e. The summed E-state index contributed by atoms with van der Waals surface area (Å²) in [5.74, 6) is -1.51. The van der Waals surface area contributed by atoms with E-state index >= 15 is 0 Å². The number of carboxylic acids is 1. The van der Waals surface area contributed by atoms with Crippen LogP contribution in [0.25, 0.3) is 11.2 Å². The molecule has 3 aromatic heterocycles. The van der Waals surface area contributed by atoms with E-state index in [1.54, 1.807) is 30.3 Å². The number of hydrogen-bond donors (Lipinski definition) is 5. The number of aromatic amines is 1. The highest BCUT2D eigenvalue weighted by molar-refractivity contribution is 5.82. The fourth-order valence-electron chi connectivity index (χ4n) is 4.71. The number of carbonyl (C=O) groups is 1. The van der Waals surface area contributed by atoms with Crippen LogP contribution in [-0.4, -0.2) is 92.5 Å². The summed E-state index contributed by atoms with van der Waals surface area (Å²) in [5.41, 5.74) is 2.96. The number of nitrogen functional groups attached to an aromatic ring is 1. The standard InChI is InChI=1S/C21H21N9O7/c1-35-19-24-14(22)10-15(25-19)30(8-23-10)16-11(31)21(34)12(36-16)13(21)37-20(18(32)33,17-26-28-29-27-17)7-9-5-3-2-4-6-9/h2-6,8,11-13,16,31,34H,7H2,1H3,(H,32,33)(H2,22,24,25)(H,26,27,28,29)/t11-,12+,13?,16+,20+,21-/m0/s1. The van der Waals surface area contributed by atoms with E-state index in [1.807, 2.05) is 0 Å². The maximum Gasteiger partial charge on any atom is 0.344 e. The molecular formula is C21H21N9O7. The molecule has 16 heteroatoms. The fourth-order valence-corrected chi connectivity index (χ4v) is 4.71. The Labute approximate surface area is 207 Å². The molecule has 16 nitrogen and oxygen atoms in total. The number of carboxylic acid groups (broad SMARTS) is 1. The molecule has 37 heavy (non-hydrogen) atoms. The van der Waals surface area contributed by atoms with Gasteiger partial charge in [0.2, 0.25) is 5.60 Å². The van der Waals surface area contributed by atoms with Crippen molar-refractivity contribution < 1.29 is 34.3 Å². The number of nitrogens with two attached hydrogens (primary N) is 1. The normalized spacial score (nSPS) is 28.1. The quantitative estimate of drug-likeness (QED) is 0.182. The number of tetrazole rings is 1. The number of methoxy groups -OCH3 is 1. The molecule has 6 rings (SSSR count). The summed E-state index contributed by atoms with van der Waals surface area (Å²) in [6.07, 6.45) is -3.79. The predicted octanol–water partition coefficient (Wildman–Crippen LogP) is -1.46. The van der Waals surface area contributed by atoms with Crippen LogP contribution < -0.4 is 10.5 Å². The summed E-state index contributed by atoms with van der Waals surface area (Å²) in [7, 11) is 1.37. The lowest BCUT2D eigenvalue weighted by molar-refractivity contribution is -0.187. The van der Waals surface area contributed by atoms with Crippen molar-refractivity contribution in [2.45, 2.75) is 42.2 Å². The molecule has 1 saturated carbocycles. The van der Waals surface area contributed by atoms with Crippen molar-refractivity contribution in [3.63, 3.8) is 0 Å². The average molecular weight is 511 g/mol. The Kier molecular flexibility index (Phi) is 5.09. The van der Waals surface area contributed by atoms with Crippen LogP contribution in [0.15, 0.2) is 36.7 Å². The van der Waals surface area contributed by atoms with Crippen LogP contribution >= 0.6 is 0 Å². The summed E-state index contributed by atoms with van der Waals surface area (Å²) < 4.78 is 18.4. The van der Waals surface area contributed by atoms with Crippen LogP contribution in [0.1, 0.15) is 17.6 Å². The number of aliphatic carboxylic acids is 1. The first-order valence-corrected chi connectivity index (χ1v) is 11.1. The number of nitrogens with one attached hydrogen (secondary N) is 1. The van der Waals surface area contributed by atoms with Crippen LogP contribution in [0.2, 0.25) is 0 Å². The monoisotopic (exact) mass is 511 g/mol. The van der Waals surface area contributed by atoms with Gasteiger partial charge in [-0.2, -0.15) is 9.97 Å². The Morgan fingerprint density at radius 2 is 2.11 bits per heavy atom. The number of ether oxygens (including phenoxy) is 3. The highest BCUT2D eigenvalue weighted by Gasteiger charge is 2.79. The number of nitrogens with zero attached hydrogens (tertiary/aromatic N) is 7. The zero-order valence-electron chi connectivity index (χ0n) is 19.2. The molecule has 0 amide bonds. The van der Waals surface area contributed by atoms with Crippen molar-refractivity contribution in [3.8, 4) is 6.01 Å². The number of anilines is 1. The van der Waals surface area contributed by atoms with E-state index in [2.05, 4.69) is 35.6 Å². The second-order valence-corrected chi connectivity index (χ2v) is 8.78. The average Bonchev–Trinajstić information content (AvgIpc) is 3.40. The summed E-state index contributed by atoms with van der Waals surface area (Å²) in [5, 5.41) is 45.9. The lowest BCUT2D eigenvalue weighted by Crippen LogP contribution is -2.46. The molecule has 6 N–H and O–H groups in total. The predicted molar refractivity (Wildman–Crippen MR) is 120 cm³/mol. The summed E-state index contributed by atoms with van der Waals surface area (Å²) in [4.78, 5) is 25.0. The minimum Gasteiger partial charge on any atom is -0.479 e. The van der Waals surface area contributed by atoms with Gasteiger partial charge in [0.1, 0.15) is 18.3 Å². The number of aliphatic hydroxyl groups excluding tert-OH is 1. The van der Waals surface area contributed by atoms with E-state index in [4.69, 9.17) is 19.9 Å². The number of aliphatic hydroxyl groups is 2. The summed E-state index contributed by atoms with van der Waals surface area (Å²) in [6.45, 7) is 0. The van der Waals surface area contributed by atoms with Crippen molar-refractivity contribution >= 4 is 23.0 Å². The van der Waals surface area contributed by atoms with Crippen LogP contribution in [0.3, 0.4) is 0 Å². The van der Waals surface area contributed by atoms with Gasteiger partial charge >= 0.3 is 12.0 Å². The van der Waals surface area contributed by atoms with Gasteiger partial charge in [0.05, 0.1) is 13.4 Å². The number of fused-ring (bicyclic) bond motifs is 2. The number of rotatable bonds is 8. The molecule has 192 valence electrons. The lowest BCUT2D eigenvalue weighted by atomic mass is 9.93. The number of imidazole rings is 1. The van der Waals surface area contributed by atoms with Crippen LogP contribution in [0.5, 0.6) is 6.01 Å². The van der Waals surface area contributed by atoms with Gasteiger partial charge in [-0.15, -0.1) is 5.10 Å². The molecule has 2 aliphatic rings. The van der Waals surface area contributed by atoms with Crippen LogP contribution in [0.4, 0.5) is 5.82 Å². The second-order valence-electron chi connectivity index (χ2n) is 8.78. The van der Waals surface area contributed by atoms with Crippen molar-refractivity contribution in [2.24, 2.45) is 0 Å². The smallest absolute Gasteiger partial charge is 0.344 e. The van der Waals surface area contributed by atoms with E-state index < -0.39 is 41.7 Å². The molecule has 1 aliphatic carbocycles. The Hall–Kier alpha value is -4.25. The first kappa shape index (κ1) is 23.2. The molecule has 1 saturated heterocycles. The molecular weight excluding hydrogens is 490 g/mol. The van der Waals surface area contributed by atoms with Crippen molar-refractivity contribution in [2.75, 3.05) is 12.8 Å². The second kappa shape index (κ2) is 8.13. The molecule has 1 aromatic carbocycles. The minimum atomic E-state index is -2.11. The third-order valence-electron chi connectivity index (χ3n) is 6.69. The van der Waals surface area contributed by atoms with Gasteiger partial charge in [0, 0.05) is 6.42 Å². The van der Waals surface area contributed by atoms with Gasteiger partial charge in [0.25, 0.3) is 0 Å². The molecule has 6 atom stereocenters. The third kappa shape index (κ3) is 3.34. The van der Waals surface area contributed by atoms with E-state index in [0.29, 0.717) is 5.56 Å². The number of H-pyrrole nitrogens is 1. The minimum absolute atomic E-state index is 0.0165. The fraction of sp³-hybridized carbons (Fsp3) is 0.381. The number of hydrogen-bond acceptors (Lipinski definition) is 13. The highest BCUT2D eigenvalue weighted by Crippen LogP contribution is 2.57. The zero-order valence-corrected chi connectivity index (χ0v) is 19.2. The van der Waals surface area contributed by atoms with E-state index in [9.17, 15) is 20.1 Å². The molecule has 1 aliphatic heterocycles.